The van der Waals surface area contributed by atoms with Gasteiger partial charge in [-0.25, -0.2) is 0 Å². The van der Waals surface area contributed by atoms with Crippen LogP contribution in [0, 0.1) is 0 Å². The Hall–Kier alpha value is -1.31. The molecule has 0 spiro atoms. The predicted octanol–water partition coefficient (Wildman–Crippen LogP) is 2.37. The van der Waals surface area contributed by atoms with E-state index in [1.54, 1.807) is 0 Å². The summed E-state index contributed by atoms with van der Waals surface area (Å²) in [6.07, 6.45) is 3.62. The van der Waals surface area contributed by atoms with Crippen LogP contribution in [0.25, 0.3) is 0 Å². The molecule has 1 aromatic rings. The average Bonchev–Trinajstić information content (AvgIpc) is 2.30. The van der Waals surface area contributed by atoms with Gasteiger partial charge in [0.15, 0.2) is 0 Å². The summed E-state index contributed by atoms with van der Waals surface area (Å²) in [5.74, 6) is 6.63. The second kappa shape index (κ2) is 2.84. The van der Waals surface area contributed by atoms with E-state index in [1.807, 2.05) is 0 Å². The first-order valence-electron chi connectivity index (χ1n) is 5.25. The molecule has 0 aromatic heterocycles. The Kier molecular flexibility index (Phi) is 1.63. The third-order valence-corrected chi connectivity index (χ3v) is 3.64. The summed E-state index contributed by atoms with van der Waals surface area (Å²) in [4.78, 5) is 0. The van der Waals surface area contributed by atoms with Gasteiger partial charge < -0.3 is 5.84 Å². The van der Waals surface area contributed by atoms with E-state index in [2.05, 4.69) is 29.4 Å². The molecule has 0 heterocycles. The number of fused-ring (bicyclic) bond motifs is 2. The molecule has 2 atom stereocenters. The second-order valence-corrected chi connectivity index (χ2v) is 4.28. The normalized spacial score (nSPS) is 31.9. The Morgan fingerprint density at radius 2 is 1.93 bits per heavy atom. The van der Waals surface area contributed by atoms with Crippen LogP contribution in [0.3, 0.4) is 0 Å². The maximum Gasteiger partial charge on any atom is 0.0456 e. The molecule has 3 aliphatic rings. The predicted molar refractivity (Wildman–Crippen MR) is 57.4 cm³/mol. The quantitative estimate of drug-likeness (QED) is 0.490. The maximum atomic E-state index is 5.43. The Balaban J connectivity index is 2.17. The van der Waals surface area contributed by atoms with Crippen LogP contribution in [0.5, 0.6) is 0 Å². The topological polar surface area (TPSA) is 38.4 Å². The molecule has 0 unspecified atom stereocenters. The zero-order chi connectivity index (χ0) is 9.54. The third-order valence-electron chi connectivity index (χ3n) is 3.64. The summed E-state index contributed by atoms with van der Waals surface area (Å²) in [5, 5.41) is 3.95. The number of rotatable bonds is 0. The number of nitrogens with zero attached hydrogens (tertiary/aromatic N) is 1. The molecule has 0 radical (unpaired) electrons. The Morgan fingerprint density at radius 3 is 2.71 bits per heavy atom. The van der Waals surface area contributed by atoms with Gasteiger partial charge in [-0.1, -0.05) is 24.3 Å². The second-order valence-electron chi connectivity index (χ2n) is 4.28. The first-order valence-corrected chi connectivity index (χ1v) is 5.25. The number of hydrazone groups is 1. The molecule has 1 fully saturated rings. The summed E-state index contributed by atoms with van der Waals surface area (Å²) >= 11 is 0. The summed E-state index contributed by atoms with van der Waals surface area (Å²) in [5.41, 5.74) is 4.22. The summed E-state index contributed by atoms with van der Waals surface area (Å²) < 4.78 is 0. The van der Waals surface area contributed by atoms with Gasteiger partial charge in [0.2, 0.25) is 0 Å². The molecular formula is C12H14N2. The van der Waals surface area contributed by atoms with E-state index in [4.69, 9.17) is 5.84 Å². The van der Waals surface area contributed by atoms with Gasteiger partial charge in [-0.05, 0) is 36.3 Å². The van der Waals surface area contributed by atoms with E-state index in [9.17, 15) is 0 Å². The Bertz CT molecular complexity index is 395. The van der Waals surface area contributed by atoms with Crippen LogP contribution >= 0.6 is 0 Å². The maximum absolute atomic E-state index is 5.43. The zero-order valence-corrected chi connectivity index (χ0v) is 8.11. The molecule has 1 aromatic carbocycles. The van der Waals surface area contributed by atoms with Crippen molar-refractivity contribution in [3.05, 3.63) is 35.4 Å². The highest BCUT2D eigenvalue weighted by Gasteiger charge is 2.36. The molecule has 2 nitrogen and oxygen atoms in total. The van der Waals surface area contributed by atoms with E-state index in [1.165, 1.54) is 29.7 Å². The third kappa shape index (κ3) is 0.939. The van der Waals surface area contributed by atoms with Gasteiger partial charge >= 0.3 is 0 Å². The van der Waals surface area contributed by atoms with E-state index in [-0.39, 0.29) is 0 Å². The van der Waals surface area contributed by atoms with Crippen LogP contribution in [0.1, 0.15) is 42.2 Å². The molecule has 72 valence electrons. The molecule has 1 saturated carbocycles. The molecule has 2 heteroatoms. The van der Waals surface area contributed by atoms with Crippen molar-refractivity contribution >= 4 is 5.71 Å². The van der Waals surface area contributed by atoms with Crippen molar-refractivity contribution in [3.63, 3.8) is 0 Å². The van der Waals surface area contributed by atoms with E-state index in [0.29, 0.717) is 11.8 Å². The minimum absolute atomic E-state index is 0.515. The smallest absolute Gasteiger partial charge is 0.0456 e. The monoisotopic (exact) mass is 186 g/mol. The Morgan fingerprint density at radius 1 is 1.14 bits per heavy atom. The molecule has 0 amide bonds. The van der Waals surface area contributed by atoms with Gasteiger partial charge in [0.1, 0.15) is 0 Å². The van der Waals surface area contributed by atoms with Crippen molar-refractivity contribution in [2.45, 2.75) is 31.1 Å². The number of hydrogen-bond donors (Lipinski definition) is 1. The molecular weight excluding hydrogens is 172 g/mol. The number of benzene rings is 1. The molecule has 14 heavy (non-hydrogen) atoms. The lowest BCUT2D eigenvalue weighted by Gasteiger charge is -2.38. The molecule has 0 saturated heterocycles. The van der Waals surface area contributed by atoms with Crippen LogP contribution in [-0.2, 0) is 0 Å². The highest BCUT2D eigenvalue weighted by Crippen LogP contribution is 2.47. The van der Waals surface area contributed by atoms with Crippen LogP contribution in [0.2, 0.25) is 0 Å². The van der Waals surface area contributed by atoms with Gasteiger partial charge in [-0.15, -0.1) is 0 Å². The molecule has 2 N–H and O–H groups in total. The molecule has 4 rings (SSSR count). The fourth-order valence-electron chi connectivity index (χ4n) is 2.97. The van der Waals surface area contributed by atoms with Gasteiger partial charge in [0.05, 0.1) is 0 Å². The van der Waals surface area contributed by atoms with Gasteiger partial charge in [-0.2, -0.15) is 5.10 Å². The Labute approximate surface area is 83.8 Å². The SMILES string of the molecule is N/N=C1/C[C@H]2CC[C@H]1c1ccccc12. The standard InChI is InChI=1S/C12H14N2/c13-14-12-7-8-5-6-11(12)10-4-2-1-3-9(8)10/h1-4,8,11H,5-7,13H2/b14-12-/t8-,11+/m1/s1. The minimum atomic E-state index is 0.515. The van der Waals surface area contributed by atoms with Crippen LogP contribution in [0.4, 0.5) is 0 Å². The molecule has 2 bridgehead atoms. The van der Waals surface area contributed by atoms with Crippen molar-refractivity contribution in [2.75, 3.05) is 0 Å². The molecule has 0 aliphatic heterocycles. The van der Waals surface area contributed by atoms with Crippen LogP contribution < -0.4 is 5.84 Å². The van der Waals surface area contributed by atoms with Crippen molar-refractivity contribution in [3.8, 4) is 0 Å². The van der Waals surface area contributed by atoms with Crippen molar-refractivity contribution < 1.29 is 0 Å². The van der Waals surface area contributed by atoms with Crippen LogP contribution in [-0.4, -0.2) is 5.71 Å². The first kappa shape index (κ1) is 8.04. The largest absolute Gasteiger partial charge is 0.323 e. The lowest BCUT2D eigenvalue weighted by atomic mass is 9.66. The molecule has 3 aliphatic carbocycles. The lowest BCUT2D eigenvalue weighted by Crippen LogP contribution is -2.30. The average molecular weight is 186 g/mol. The van der Waals surface area contributed by atoms with Gasteiger partial charge in [-0.3, -0.25) is 0 Å². The van der Waals surface area contributed by atoms with Gasteiger partial charge in [0.25, 0.3) is 0 Å². The van der Waals surface area contributed by atoms with Gasteiger partial charge in [0, 0.05) is 11.6 Å². The highest BCUT2D eigenvalue weighted by atomic mass is 15.1. The fraction of sp³-hybridized carbons (Fsp3) is 0.417. The van der Waals surface area contributed by atoms with E-state index < -0.39 is 0 Å². The number of hydrogen-bond acceptors (Lipinski definition) is 2. The minimum Gasteiger partial charge on any atom is -0.323 e. The first-order chi connectivity index (χ1) is 6.90. The fourth-order valence-corrected chi connectivity index (χ4v) is 2.97. The summed E-state index contributed by atoms with van der Waals surface area (Å²) in [6.45, 7) is 0. The van der Waals surface area contributed by atoms with E-state index >= 15 is 0 Å². The van der Waals surface area contributed by atoms with Crippen molar-refractivity contribution in [2.24, 2.45) is 10.9 Å². The van der Waals surface area contributed by atoms with Crippen molar-refractivity contribution in [1.82, 2.24) is 0 Å². The van der Waals surface area contributed by atoms with Crippen molar-refractivity contribution in [1.29, 1.82) is 0 Å². The summed E-state index contributed by atoms with van der Waals surface area (Å²) in [6, 6.07) is 8.75. The number of nitrogens with two attached hydrogens (primary N) is 1. The lowest BCUT2D eigenvalue weighted by molar-refractivity contribution is 0.498. The summed E-state index contributed by atoms with van der Waals surface area (Å²) in [7, 11) is 0. The van der Waals surface area contributed by atoms with E-state index in [0.717, 1.165) is 6.42 Å². The van der Waals surface area contributed by atoms with Crippen LogP contribution in [0.15, 0.2) is 29.4 Å². The zero-order valence-electron chi connectivity index (χ0n) is 8.11. The highest BCUT2D eigenvalue weighted by molar-refractivity contribution is 5.94.